The second kappa shape index (κ2) is 9.31. The lowest BCUT2D eigenvalue weighted by molar-refractivity contribution is -0.118. The van der Waals surface area contributed by atoms with E-state index < -0.39 is 0 Å². The summed E-state index contributed by atoms with van der Waals surface area (Å²) < 4.78 is 10.7. The van der Waals surface area contributed by atoms with Crippen molar-refractivity contribution in [2.75, 3.05) is 17.2 Å². The van der Waals surface area contributed by atoms with Crippen molar-refractivity contribution in [1.82, 2.24) is 0 Å². The zero-order chi connectivity index (χ0) is 21.6. The molecule has 2 aromatic carbocycles. The van der Waals surface area contributed by atoms with Gasteiger partial charge in [-0.05, 0) is 59.9 Å². The molecule has 30 heavy (non-hydrogen) atoms. The molecular weight excluding hydrogens is 380 g/mol. The summed E-state index contributed by atoms with van der Waals surface area (Å²) in [7, 11) is 0. The molecule has 2 N–H and O–H groups in total. The van der Waals surface area contributed by atoms with Crippen molar-refractivity contribution >= 4 is 23.2 Å². The van der Waals surface area contributed by atoms with Gasteiger partial charge in [-0.25, -0.2) is 0 Å². The molecule has 0 aliphatic heterocycles. The van der Waals surface area contributed by atoms with E-state index in [0.717, 1.165) is 6.42 Å². The Morgan fingerprint density at radius 3 is 2.30 bits per heavy atom. The zero-order valence-corrected chi connectivity index (χ0v) is 17.4. The van der Waals surface area contributed by atoms with Gasteiger partial charge in [0.25, 0.3) is 11.8 Å². The highest BCUT2D eigenvalue weighted by atomic mass is 16.5. The van der Waals surface area contributed by atoms with Crippen molar-refractivity contribution in [3.63, 3.8) is 0 Å². The minimum Gasteiger partial charge on any atom is -0.484 e. The first-order valence-electron chi connectivity index (χ1n) is 9.85. The summed E-state index contributed by atoms with van der Waals surface area (Å²) in [5, 5.41) is 5.49. The van der Waals surface area contributed by atoms with Crippen LogP contribution in [0.15, 0.2) is 71.3 Å². The van der Waals surface area contributed by atoms with E-state index in [2.05, 4.69) is 31.4 Å². The molecule has 1 aromatic heterocycles. The van der Waals surface area contributed by atoms with Crippen molar-refractivity contribution in [3.8, 4) is 5.75 Å². The summed E-state index contributed by atoms with van der Waals surface area (Å²) in [4.78, 5) is 24.3. The molecule has 3 rings (SSSR count). The summed E-state index contributed by atoms with van der Waals surface area (Å²) in [6, 6.07) is 17.9. The number of amides is 2. The Morgan fingerprint density at radius 2 is 1.67 bits per heavy atom. The molecule has 0 aliphatic rings. The summed E-state index contributed by atoms with van der Waals surface area (Å²) in [6.07, 6.45) is 2.47. The van der Waals surface area contributed by atoms with Gasteiger partial charge in [-0.1, -0.05) is 39.0 Å². The third-order valence-corrected chi connectivity index (χ3v) is 5.04. The molecule has 6 nitrogen and oxygen atoms in total. The molecule has 0 spiro atoms. The second-order valence-electron chi connectivity index (χ2n) is 7.61. The van der Waals surface area contributed by atoms with Gasteiger partial charge in [-0.2, -0.15) is 0 Å². The lowest BCUT2D eigenvalue weighted by Gasteiger charge is -2.23. The number of hydrogen-bond acceptors (Lipinski definition) is 4. The Balaban J connectivity index is 1.53. The average molecular weight is 406 g/mol. The van der Waals surface area contributed by atoms with Gasteiger partial charge in [-0.3, -0.25) is 9.59 Å². The van der Waals surface area contributed by atoms with Gasteiger partial charge in [0.05, 0.1) is 6.26 Å². The predicted molar refractivity (Wildman–Crippen MR) is 117 cm³/mol. The van der Waals surface area contributed by atoms with Crippen LogP contribution in [0, 0.1) is 0 Å². The number of rotatable bonds is 8. The van der Waals surface area contributed by atoms with Gasteiger partial charge in [0, 0.05) is 11.4 Å². The molecule has 1 heterocycles. The van der Waals surface area contributed by atoms with Gasteiger partial charge < -0.3 is 19.8 Å². The summed E-state index contributed by atoms with van der Waals surface area (Å²) in [5.74, 6) is 0.204. The smallest absolute Gasteiger partial charge is 0.291 e. The third kappa shape index (κ3) is 5.50. The quantitative estimate of drug-likeness (QED) is 0.536. The van der Waals surface area contributed by atoms with Gasteiger partial charge >= 0.3 is 0 Å². The van der Waals surface area contributed by atoms with E-state index in [1.165, 1.54) is 11.8 Å². The minimum absolute atomic E-state index is 0.104. The Kier molecular flexibility index (Phi) is 6.57. The van der Waals surface area contributed by atoms with E-state index in [0.29, 0.717) is 17.1 Å². The molecule has 0 bridgehead atoms. The fraction of sp³-hybridized carbons (Fsp3) is 0.250. The number of furan rings is 1. The number of carbonyl (C=O) groups excluding carboxylic acids is 2. The zero-order valence-electron chi connectivity index (χ0n) is 17.4. The first-order chi connectivity index (χ1) is 14.4. The fourth-order valence-corrected chi connectivity index (χ4v) is 2.83. The Labute approximate surface area is 176 Å². The molecule has 2 amide bonds. The first-order valence-corrected chi connectivity index (χ1v) is 9.85. The van der Waals surface area contributed by atoms with Crippen LogP contribution in [0.25, 0.3) is 0 Å². The minimum atomic E-state index is -0.360. The van der Waals surface area contributed by atoms with Crippen LogP contribution in [0.1, 0.15) is 43.3 Å². The third-order valence-electron chi connectivity index (χ3n) is 5.04. The van der Waals surface area contributed by atoms with Crippen LogP contribution in [0.3, 0.4) is 0 Å². The fourth-order valence-electron chi connectivity index (χ4n) is 2.83. The van der Waals surface area contributed by atoms with E-state index in [9.17, 15) is 9.59 Å². The Bertz CT molecular complexity index is 992. The van der Waals surface area contributed by atoms with E-state index in [1.807, 2.05) is 24.3 Å². The Hall–Kier alpha value is -3.54. The SMILES string of the molecule is CCC(C)(C)c1ccc(OCC(=O)Nc2cccc(NC(=O)c3ccco3)c2)cc1. The van der Waals surface area contributed by atoms with Crippen LogP contribution in [0.4, 0.5) is 11.4 Å². The molecule has 0 radical (unpaired) electrons. The summed E-state index contributed by atoms with van der Waals surface area (Å²) >= 11 is 0. The number of carbonyl (C=O) groups is 2. The van der Waals surface area contributed by atoms with Crippen LogP contribution in [0.2, 0.25) is 0 Å². The number of nitrogens with one attached hydrogen (secondary N) is 2. The lowest BCUT2D eigenvalue weighted by atomic mass is 9.82. The molecule has 6 heteroatoms. The van der Waals surface area contributed by atoms with Gasteiger partial charge in [0.2, 0.25) is 0 Å². The normalized spacial score (nSPS) is 11.0. The number of hydrogen-bond donors (Lipinski definition) is 2. The summed E-state index contributed by atoms with van der Waals surface area (Å²) in [5.41, 5.74) is 2.44. The predicted octanol–water partition coefficient (Wildman–Crippen LogP) is 5.24. The highest BCUT2D eigenvalue weighted by Gasteiger charge is 2.17. The number of benzene rings is 2. The topological polar surface area (TPSA) is 80.6 Å². The molecule has 0 fully saturated rings. The first kappa shape index (κ1) is 21.2. The van der Waals surface area contributed by atoms with Crippen molar-refractivity contribution in [3.05, 3.63) is 78.3 Å². The van der Waals surface area contributed by atoms with Crippen LogP contribution < -0.4 is 15.4 Å². The van der Waals surface area contributed by atoms with Gasteiger partial charge in [0.1, 0.15) is 5.75 Å². The van der Waals surface area contributed by atoms with Crippen molar-refractivity contribution < 1.29 is 18.7 Å². The van der Waals surface area contributed by atoms with Crippen LogP contribution in [-0.2, 0) is 10.2 Å². The number of anilines is 2. The van der Waals surface area contributed by atoms with Gasteiger partial charge in [0.15, 0.2) is 12.4 Å². The number of ether oxygens (including phenoxy) is 1. The Morgan fingerprint density at radius 1 is 0.967 bits per heavy atom. The van der Waals surface area contributed by atoms with E-state index in [-0.39, 0.29) is 29.6 Å². The maximum Gasteiger partial charge on any atom is 0.291 e. The molecular formula is C24H26N2O4. The molecule has 0 saturated carbocycles. The average Bonchev–Trinajstić information content (AvgIpc) is 3.28. The van der Waals surface area contributed by atoms with E-state index in [4.69, 9.17) is 9.15 Å². The molecule has 0 aliphatic carbocycles. The maximum atomic E-state index is 12.2. The molecule has 0 atom stereocenters. The van der Waals surface area contributed by atoms with Gasteiger partial charge in [-0.15, -0.1) is 0 Å². The van der Waals surface area contributed by atoms with E-state index >= 15 is 0 Å². The monoisotopic (exact) mass is 406 g/mol. The van der Waals surface area contributed by atoms with Crippen molar-refractivity contribution in [1.29, 1.82) is 0 Å². The maximum absolute atomic E-state index is 12.2. The molecule has 0 unspecified atom stereocenters. The van der Waals surface area contributed by atoms with Crippen molar-refractivity contribution in [2.45, 2.75) is 32.6 Å². The molecule has 156 valence electrons. The van der Waals surface area contributed by atoms with Crippen LogP contribution in [0.5, 0.6) is 5.75 Å². The van der Waals surface area contributed by atoms with Crippen molar-refractivity contribution in [2.24, 2.45) is 0 Å². The second-order valence-corrected chi connectivity index (χ2v) is 7.61. The largest absolute Gasteiger partial charge is 0.484 e. The highest BCUT2D eigenvalue weighted by molar-refractivity contribution is 6.02. The summed E-state index contributed by atoms with van der Waals surface area (Å²) in [6.45, 7) is 6.44. The highest BCUT2D eigenvalue weighted by Crippen LogP contribution is 2.28. The lowest BCUT2D eigenvalue weighted by Crippen LogP contribution is -2.20. The molecule has 3 aromatic rings. The molecule has 0 saturated heterocycles. The van der Waals surface area contributed by atoms with Crippen LogP contribution >= 0.6 is 0 Å². The van der Waals surface area contributed by atoms with Crippen LogP contribution in [-0.4, -0.2) is 18.4 Å². The van der Waals surface area contributed by atoms with E-state index in [1.54, 1.807) is 36.4 Å². The standard InChI is InChI=1S/C24H26N2O4/c1-4-24(2,3)17-10-12-20(13-11-17)30-16-22(27)25-18-7-5-8-19(15-18)26-23(28)21-9-6-14-29-21/h5-15H,4,16H2,1-3H3,(H,25,27)(H,26,28).